The monoisotopic (exact) mass is 1690 g/mol. The highest BCUT2D eigenvalue weighted by Gasteiger charge is 2.30. The van der Waals surface area contributed by atoms with Crippen molar-refractivity contribution >= 4 is 23.3 Å². The molecule has 123 heavy (non-hydrogen) atoms. The van der Waals surface area contributed by atoms with Crippen LogP contribution in [0.25, 0.3) is 0 Å². The van der Waals surface area contributed by atoms with Crippen molar-refractivity contribution in [3.8, 4) is 0 Å². The summed E-state index contributed by atoms with van der Waals surface area (Å²) in [6.07, 6.45) is 22.8. The number of likely N-dealkylation sites (tertiary alicyclic amines) is 2. The van der Waals surface area contributed by atoms with Crippen LogP contribution >= 0.6 is 0 Å². The van der Waals surface area contributed by atoms with Crippen LogP contribution in [0.5, 0.6) is 0 Å². The molecule has 17 nitrogen and oxygen atoms in total. The number of carbonyl (C=O) groups excluding carboxylic acids is 2. The van der Waals surface area contributed by atoms with E-state index >= 15 is 0 Å². The van der Waals surface area contributed by atoms with E-state index in [-0.39, 0.29) is 49.7 Å². The standard InChI is InChI=1S/C17H26N2O.2C17H26O.C15H23N3O.C14H21NO.C13H21N3.C13H23N3/c1-13(20)19-10-8-15(9-11-19)18-16-7-5-6-14(12-16)17(2,3)4;2*1-13-12-18-9-8-15(13)10-14-6-5-7-16(11-14)17(2,3)4;1-11(19)18-6-5-12(9-18)7-13-8-14(15(2,3)4)17-10-16-13;1-14(2,3)13-7-12(8-15-9-13)6-11-4-5-16-10-11;1-13(2,3)12-7-11(15-9-16-12)6-10-4-5-14-8-10;1-13(2,3)11-6-7-14-12(10-11)15-8-9-16(4)5/h5-7,12,15,18H,8-11H2,1-4H3;2*5-7,11,13,15H,8-10,12H2,1-4H3;8,10,12H,5-7,9H2,1-4H3;7-9,11H,4-6,10H2,1-3H3;7,9-10,14H,4-6,8H2,1-3H3;6-7,10H,8-9H2,1-5H3,(H,14,15)/t;2*13-,15?;;;;/m.10..../s1. The van der Waals surface area contributed by atoms with Gasteiger partial charge in [0.15, 0.2) is 0 Å². The van der Waals surface area contributed by atoms with Gasteiger partial charge >= 0.3 is 0 Å². The van der Waals surface area contributed by atoms with Gasteiger partial charge in [0.25, 0.3) is 0 Å². The molecule has 6 saturated heterocycles. The Morgan fingerprint density at radius 2 is 0.927 bits per heavy atom. The lowest BCUT2D eigenvalue weighted by Crippen LogP contribution is -2.41. The maximum absolute atomic E-state index is 11.3. The number of benzene rings is 3. The first-order chi connectivity index (χ1) is 57.7. The second-order valence-corrected chi connectivity index (χ2v) is 43.6. The molecule has 10 heterocycles. The summed E-state index contributed by atoms with van der Waals surface area (Å²) < 4.78 is 16.5. The second kappa shape index (κ2) is 47.9. The number of hydrogen-bond donors (Lipinski definition) is 3. The zero-order valence-electron chi connectivity index (χ0n) is 81.8. The maximum atomic E-state index is 11.3. The molecule has 6 aliphatic rings. The summed E-state index contributed by atoms with van der Waals surface area (Å²) >= 11 is 0. The van der Waals surface area contributed by atoms with Gasteiger partial charge in [-0.1, -0.05) is 226 Å². The third kappa shape index (κ3) is 37.1. The van der Waals surface area contributed by atoms with Gasteiger partial charge in [0.05, 0.1) is 0 Å². The Kier molecular flexibility index (Phi) is 39.9. The van der Waals surface area contributed by atoms with Crippen molar-refractivity contribution in [2.75, 3.05) is 117 Å². The van der Waals surface area contributed by atoms with Crippen LogP contribution in [0.15, 0.2) is 134 Å². The predicted molar refractivity (Wildman–Crippen MR) is 514 cm³/mol. The molecule has 3 aromatic carbocycles. The van der Waals surface area contributed by atoms with Crippen LogP contribution in [0.2, 0.25) is 0 Å². The molecule has 6 aliphatic heterocycles. The number of pyridine rings is 2. The Morgan fingerprint density at radius 1 is 0.455 bits per heavy atom. The number of nitrogens with zero attached hydrogens (tertiary/aromatic N) is 9. The number of carbonyl (C=O) groups is 2. The van der Waals surface area contributed by atoms with Gasteiger partial charge in [0.1, 0.15) is 18.5 Å². The van der Waals surface area contributed by atoms with E-state index in [1.54, 1.807) is 26.5 Å². The van der Waals surface area contributed by atoms with Gasteiger partial charge in [0.2, 0.25) is 11.8 Å². The summed E-state index contributed by atoms with van der Waals surface area (Å²) in [4.78, 5) is 54.8. The number of aromatic nitrogens is 6. The zero-order chi connectivity index (χ0) is 90.5. The van der Waals surface area contributed by atoms with Gasteiger partial charge < -0.3 is 44.9 Å². The Morgan fingerprint density at radius 3 is 1.38 bits per heavy atom. The minimum atomic E-state index is 0.0544. The topological polar surface area (TPSA) is 185 Å². The molecule has 7 aromatic rings. The molecule has 0 aliphatic carbocycles. The molecule has 3 N–H and O–H groups in total. The van der Waals surface area contributed by atoms with E-state index in [0.29, 0.717) is 29.7 Å². The Labute approximate surface area is 746 Å². The van der Waals surface area contributed by atoms with Crippen molar-refractivity contribution in [2.45, 2.75) is 294 Å². The highest BCUT2D eigenvalue weighted by atomic mass is 16.5. The average Bonchev–Trinajstić information content (AvgIpc) is 1.28. The van der Waals surface area contributed by atoms with E-state index in [2.05, 4.69) is 327 Å². The fraction of sp³-hybridized carbons (Fsp3) is 0.642. The summed E-state index contributed by atoms with van der Waals surface area (Å²) in [5, 5.41) is 10.3. The van der Waals surface area contributed by atoms with E-state index in [0.717, 1.165) is 171 Å². The van der Waals surface area contributed by atoms with Crippen LogP contribution < -0.4 is 16.0 Å². The lowest BCUT2D eigenvalue weighted by molar-refractivity contribution is -0.130. The molecular weight excluding hydrogens is 1520 g/mol. The summed E-state index contributed by atoms with van der Waals surface area (Å²) in [6.45, 7) is 68.0. The largest absolute Gasteiger partial charge is 0.382 e. The lowest BCUT2D eigenvalue weighted by atomic mass is 9.82. The normalized spacial score (nSPS) is 20.3. The number of piperidine rings is 1. The lowest BCUT2D eigenvalue weighted by Gasteiger charge is -2.32. The number of amides is 2. The fourth-order valence-corrected chi connectivity index (χ4v) is 16.1. The van der Waals surface area contributed by atoms with Gasteiger partial charge in [-0.2, -0.15) is 0 Å². The first-order valence-corrected chi connectivity index (χ1v) is 46.6. The Balaban J connectivity index is 0.000000198. The predicted octanol–water partition coefficient (Wildman–Crippen LogP) is 21.2. The number of likely N-dealkylation sites (N-methyl/N-ethyl adjacent to an activating group) is 1. The van der Waals surface area contributed by atoms with Crippen molar-refractivity contribution in [3.05, 3.63) is 202 Å². The quantitative estimate of drug-likeness (QED) is 0.0829. The van der Waals surface area contributed by atoms with E-state index in [9.17, 15) is 9.59 Å². The third-order valence-corrected chi connectivity index (χ3v) is 24.8. The molecular formula is C106H166N12O5. The van der Waals surface area contributed by atoms with Crippen molar-refractivity contribution in [2.24, 2.45) is 41.4 Å². The summed E-state index contributed by atoms with van der Waals surface area (Å²) in [7, 11) is 4.14. The van der Waals surface area contributed by atoms with E-state index in [1.165, 1.54) is 94.4 Å². The van der Waals surface area contributed by atoms with E-state index in [1.807, 2.05) is 28.4 Å². The minimum Gasteiger partial charge on any atom is -0.382 e. The molecule has 17 heteroatoms. The van der Waals surface area contributed by atoms with Crippen LogP contribution in [-0.4, -0.2) is 169 Å². The third-order valence-electron chi connectivity index (χ3n) is 24.8. The molecule has 0 saturated carbocycles. The summed E-state index contributed by atoms with van der Waals surface area (Å²) in [5.74, 6) is 6.27. The second-order valence-electron chi connectivity index (χ2n) is 43.6. The van der Waals surface area contributed by atoms with Gasteiger partial charge in [0, 0.05) is 157 Å². The summed E-state index contributed by atoms with van der Waals surface area (Å²) in [5.41, 5.74) is 18.1. The minimum absolute atomic E-state index is 0.0544. The number of anilines is 2. The SMILES string of the molecule is CC(=O)N1CCC(Cc2cc(C(C)(C)C)ncn2)C1.CC(=O)N1CCC(Nc2cccc(C(C)(C)C)c2)CC1.CC(C)(C)c1cc(CC2CCNC2)ncn1.CC(C)(C)c1cncc(CC2CCOC2)c1.CN(C)CCNc1cc(C(C)(C)C)ccn1.C[C@@H]1COCCC1Cc1cccc(C(C)(C)C)c1.C[C@H]1COCCC1Cc1cccc(C(C)(C)C)c1. The molecule has 5 unspecified atom stereocenters. The van der Waals surface area contributed by atoms with Crippen LogP contribution in [0, 0.1) is 41.4 Å². The van der Waals surface area contributed by atoms with Crippen LogP contribution in [0.3, 0.4) is 0 Å². The number of nitrogens with one attached hydrogen (secondary N) is 3. The molecule has 0 bridgehead atoms. The highest BCUT2D eigenvalue weighted by molar-refractivity contribution is 5.73. The smallest absolute Gasteiger partial charge is 0.219 e. The molecule has 7 atom stereocenters. The molecule has 13 rings (SSSR count). The van der Waals surface area contributed by atoms with E-state index in [4.69, 9.17) is 14.2 Å². The van der Waals surface area contributed by atoms with Gasteiger partial charge in [-0.05, 0) is 254 Å². The molecule has 2 amide bonds. The zero-order valence-corrected chi connectivity index (χ0v) is 81.8. The van der Waals surface area contributed by atoms with Crippen molar-refractivity contribution < 1.29 is 23.8 Å². The fourth-order valence-electron chi connectivity index (χ4n) is 16.1. The number of hydrogen-bond acceptors (Lipinski definition) is 15. The first-order valence-electron chi connectivity index (χ1n) is 46.6. The van der Waals surface area contributed by atoms with Gasteiger partial charge in [-0.3, -0.25) is 14.6 Å². The Bertz CT molecular complexity index is 4110. The molecule has 6 fully saturated rings. The number of ether oxygens (including phenoxy) is 3. The summed E-state index contributed by atoms with van der Waals surface area (Å²) in [6, 6.07) is 38.2. The van der Waals surface area contributed by atoms with Crippen molar-refractivity contribution in [1.29, 1.82) is 0 Å². The van der Waals surface area contributed by atoms with Crippen LogP contribution in [0.4, 0.5) is 11.5 Å². The Hall–Kier alpha value is -7.54. The average molecular weight is 1690 g/mol. The van der Waals surface area contributed by atoms with Crippen molar-refractivity contribution in [3.63, 3.8) is 0 Å². The van der Waals surface area contributed by atoms with Gasteiger partial charge in [-0.25, -0.2) is 24.9 Å². The van der Waals surface area contributed by atoms with Gasteiger partial charge in [-0.15, -0.1) is 0 Å². The molecule has 4 aromatic heterocycles. The first kappa shape index (κ1) is 103. The van der Waals surface area contributed by atoms with Crippen LogP contribution in [0.1, 0.15) is 285 Å². The molecule has 680 valence electrons. The van der Waals surface area contributed by atoms with E-state index < -0.39 is 0 Å². The molecule has 0 spiro atoms. The maximum Gasteiger partial charge on any atom is 0.219 e. The molecule has 0 radical (unpaired) electrons. The van der Waals surface area contributed by atoms with Crippen molar-refractivity contribution in [1.82, 2.24) is 49.9 Å². The highest BCUT2D eigenvalue weighted by Crippen LogP contribution is 2.34. The van der Waals surface area contributed by atoms with Crippen LogP contribution in [-0.2, 0) is 93.8 Å². The number of rotatable bonds is 16.